The molecule has 5 aromatic rings. The molecule has 17 nitrogen and oxygen atoms in total. The van der Waals surface area contributed by atoms with E-state index in [0.29, 0.717) is 42.4 Å². The van der Waals surface area contributed by atoms with Gasteiger partial charge in [-0.15, -0.1) is 21.5 Å². The number of nitrogens with one attached hydrogen (secondary N) is 2. The molecule has 2 unspecified atom stereocenters. The number of thiazole rings is 1. The number of phenols is 1. The highest BCUT2D eigenvalue weighted by atomic mass is 32.1. The average Bonchev–Trinajstić information content (AvgIpc) is 3.99. The number of benzene rings is 2. The first-order chi connectivity index (χ1) is 32.6. The minimum atomic E-state index is -0.871. The molecule has 68 heavy (non-hydrogen) atoms. The largest absolute Gasteiger partial charge is 0.507 e. The zero-order chi connectivity index (χ0) is 47.9. The third-order valence-electron chi connectivity index (χ3n) is 14.0. The molecule has 2 aromatic carbocycles. The molecule has 1 aliphatic carbocycles. The van der Waals surface area contributed by atoms with Crippen LogP contribution in [0.5, 0.6) is 5.75 Å². The van der Waals surface area contributed by atoms with Gasteiger partial charge >= 0.3 is 0 Å². The van der Waals surface area contributed by atoms with Crippen LogP contribution in [-0.2, 0) is 27.5 Å². The smallest absolute Gasteiger partial charge is 0.246 e. The Morgan fingerprint density at radius 2 is 1.63 bits per heavy atom. The summed E-state index contributed by atoms with van der Waals surface area (Å²) in [7, 11) is 2.07. The van der Waals surface area contributed by atoms with Crippen LogP contribution in [0.1, 0.15) is 69.7 Å². The number of aryl methyl sites for hydroxylation is 1. The lowest BCUT2D eigenvalue weighted by atomic mass is 9.73. The zero-order valence-electron chi connectivity index (χ0n) is 39.4. The van der Waals surface area contributed by atoms with Gasteiger partial charge in [-0.1, -0.05) is 57.2 Å². The van der Waals surface area contributed by atoms with Gasteiger partial charge in [0.25, 0.3) is 0 Å². The predicted octanol–water partition coefficient (Wildman–Crippen LogP) is 4.78. The number of carbonyl (C=O) groups excluding carboxylic acids is 3. The Morgan fingerprint density at radius 1 is 0.926 bits per heavy atom. The summed E-state index contributed by atoms with van der Waals surface area (Å²) in [4.78, 5) is 64.9. The van der Waals surface area contributed by atoms with E-state index in [2.05, 4.69) is 47.6 Å². The normalized spacial score (nSPS) is 22.8. The lowest BCUT2D eigenvalue weighted by molar-refractivity contribution is -0.145. The highest BCUT2D eigenvalue weighted by Gasteiger charge is 2.46. The first kappa shape index (κ1) is 46.9. The molecule has 9 rings (SSSR count). The number of phenolic OH excluding ortho intramolecular Hbond substituents is 1. The Morgan fingerprint density at radius 3 is 2.29 bits per heavy atom. The standard InChI is InChI=1S/C50H62N12O5S/c1-29-43(68-28-55-29)33-12-10-30(11-13-33)20-52-47(66)41-18-37(63)27-61(41)48(67)44(50(2,3)4)56-46(65)34-16-31(17-34)23-59(5)24-32-21-53-49(54-22-32)62-35-14-15-36(62)26-60(25-35)40-19-39(57-58-45(40)51)38-8-6-7-9-42(38)64/h6-13,19,21-22,28,31,34-37,41,44,63-64H,14-18,20,23-27H2,1-5H3,(H2,51,58)(H,52,66)(H,56,65)/t31?,34?,35?,36?,37-,41+,44-/m1/s1. The summed E-state index contributed by atoms with van der Waals surface area (Å²) in [6, 6.07) is 15.6. The van der Waals surface area contributed by atoms with E-state index < -0.39 is 23.6 Å². The molecule has 0 spiro atoms. The number of aromatic nitrogens is 5. The number of piperazine rings is 1. The van der Waals surface area contributed by atoms with Crippen molar-refractivity contribution in [2.24, 2.45) is 17.3 Å². The molecule has 3 amide bonds. The number of para-hydroxylation sites is 1. The molecule has 2 bridgehead atoms. The minimum Gasteiger partial charge on any atom is -0.507 e. The molecule has 358 valence electrons. The van der Waals surface area contributed by atoms with Gasteiger partial charge in [-0.3, -0.25) is 14.4 Å². The number of likely N-dealkylation sites (tertiary alicyclic amines) is 1. The second-order valence-corrected chi connectivity index (χ2v) is 21.1. The number of hydrogen-bond donors (Lipinski definition) is 5. The van der Waals surface area contributed by atoms with Crippen LogP contribution in [0.25, 0.3) is 21.7 Å². The summed E-state index contributed by atoms with van der Waals surface area (Å²) < 4.78 is 0. The van der Waals surface area contributed by atoms with Crippen LogP contribution < -0.4 is 26.2 Å². The van der Waals surface area contributed by atoms with E-state index in [9.17, 15) is 24.6 Å². The maximum atomic E-state index is 14.2. The maximum Gasteiger partial charge on any atom is 0.246 e. The highest BCUT2D eigenvalue weighted by Crippen LogP contribution is 2.39. The van der Waals surface area contributed by atoms with Gasteiger partial charge in [-0.25, -0.2) is 15.0 Å². The van der Waals surface area contributed by atoms with E-state index in [0.717, 1.165) is 71.4 Å². The quantitative estimate of drug-likeness (QED) is 0.101. The third kappa shape index (κ3) is 9.98. The second kappa shape index (κ2) is 19.4. The Labute approximate surface area is 401 Å². The maximum absolute atomic E-state index is 14.2. The number of rotatable bonds is 14. The summed E-state index contributed by atoms with van der Waals surface area (Å²) in [6.07, 6.45) is 6.55. The van der Waals surface area contributed by atoms with Gasteiger partial charge in [0.15, 0.2) is 5.82 Å². The van der Waals surface area contributed by atoms with E-state index >= 15 is 0 Å². The van der Waals surface area contributed by atoms with Crippen LogP contribution in [0.3, 0.4) is 0 Å². The summed E-state index contributed by atoms with van der Waals surface area (Å²) in [6.45, 7) is 10.9. The van der Waals surface area contributed by atoms with E-state index in [1.165, 1.54) is 4.90 Å². The molecule has 6 N–H and O–H groups in total. The van der Waals surface area contributed by atoms with Crippen molar-refractivity contribution < 1.29 is 24.6 Å². The minimum absolute atomic E-state index is 0.0251. The Hall–Kier alpha value is -6.24. The van der Waals surface area contributed by atoms with Crippen molar-refractivity contribution >= 4 is 46.5 Å². The molecule has 0 radical (unpaired) electrons. The third-order valence-corrected chi connectivity index (χ3v) is 15.0. The number of nitrogens with two attached hydrogens (primary N) is 1. The number of β-amino-alcohol motifs (C(OH)–C–C–N with tert-alkyl or cyclic N) is 1. The van der Waals surface area contributed by atoms with Crippen molar-refractivity contribution in [3.05, 3.63) is 89.3 Å². The number of fused-ring (bicyclic) bond motifs is 2. The number of carbonyl (C=O) groups is 3. The van der Waals surface area contributed by atoms with Crippen molar-refractivity contribution in [1.82, 2.24) is 45.6 Å². The molecule has 3 saturated heterocycles. The molecule has 5 atom stereocenters. The van der Waals surface area contributed by atoms with E-state index in [-0.39, 0.29) is 61.0 Å². The van der Waals surface area contributed by atoms with Gasteiger partial charge in [0, 0.05) is 87.2 Å². The van der Waals surface area contributed by atoms with Gasteiger partial charge in [-0.05, 0) is 80.3 Å². The van der Waals surface area contributed by atoms with E-state index in [4.69, 9.17) is 15.7 Å². The van der Waals surface area contributed by atoms with Crippen molar-refractivity contribution in [1.29, 1.82) is 0 Å². The Kier molecular flexibility index (Phi) is 13.4. The van der Waals surface area contributed by atoms with Gasteiger partial charge in [-0.2, -0.15) is 0 Å². The molecule has 1 saturated carbocycles. The van der Waals surface area contributed by atoms with Crippen LogP contribution in [0.15, 0.2) is 72.5 Å². The summed E-state index contributed by atoms with van der Waals surface area (Å²) in [5.74, 6) is 0.469. The first-order valence-electron chi connectivity index (χ1n) is 23.6. The molecular weight excluding hydrogens is 881 g/mol. The van der Waals surface area contributed by atoms with Crippen LogP contribution in [-0.4, -0.2) is 126 Å². The first-order valence-corrected chi connectivity index (χ1v) is 24.5. The molecule has 3 aromatic heterocycles. The van der Waals surface area contributed by atoms with Gasteiger partial charge in [0.2, 0.25) is 23.7 Å². The molecule has 4 fully saturated rings. The van der Waals surface area contributed by atoms with E-state index in [1.54, 1.807) is 23.5 Å². The van der Waals surface area contributed by atoms with E-state index in [1.807, 2.05) is 88.1 Å². The summed E-state index contributed by atoms with van der Waals surface area (Å²) >= 11 is 1.58. The molecule has 3 aliphatic heterocycles. The SMILES string of the molecule is Cc1ncsc1-c1ccc(CNC(=O)[C@@H]2C[C@@H](O)CN2C(=O)[C@@H](NC(=O)C2CC(CN(C)Cc3cnc(N4C5CCC4CN(c4cc(-c6ccccc6O)nnc4N)C5)nc3)C2)C(C)(C)C)cc1. The fourth-order valence-electron chi connectivity index (χ4n) is 10.4. The van der Waals surface area contributed by atoms with Crippen LogP contribution in [0.4, 0.5) is 17.5 Å². The van der Waals surface area contributed by atoms with Gasteiger partial charge < -0.3 is 46.2 Å². The van der Waals surface area contributed by atoms with Crippen molar-refractivity contribution in [3.63, 3.8) is 0 Å². The van der Waals surface area contributed by atoms with Gasteiger partial charge in [0.05, 0.1) is 33.6 Å². The monoisotopic (exact) mass is 942 g/mol. The van der Waals surface area contributed by atoms with Crippen LogP contribution in [0.2, 0.25) is 0 Å². The summed E-state index contributed by atoms with van der Waals surface area (Å²) in [5.41, 5.74) is 13.5. The fourth-order valence-corrected chi connectivity index (χ4v) is 11.2. The lowest BCUT2D eigenvalue weighted by Crippen LogP contribution is -2.59. The highest BCUT2D eigenvalue weighted by molar-refractivity contribution is 7.13. The van der Waals surface area contributed by atoms with Crippen molar-refractivity contribution in [3.8, 4) is 27.4 Å². The number of nitrogen functional groups attached to an aromatic ring is 1. The van der Waals surface area contributed by atoms with Crippen molar-refractivity contribution in [2.75, 3.05) is 48.8 Å². The Balaban J connectivity index is 0.740. The topological polar surface area (TPSA) is 219 Å². The number of aliphatic hydroxyl groups excluding tert-OH is 1. The zero-order valence-corrected chi connectivity index (χ0v) is 40.2. The summed E-state index contributed by atoms with van der Waals surface area (Å²) in [5, 5.41) is 35.6. The average molecular weight is 943 g/mol. The predicted molar refractivity (Wildman–Crippen MR) is 261 cm³/mol. The van der Waals surface area contributed by atoms with Crippen LogP contribution in [0, 0.1) is 24.2 Å². The number of aromatic hydroxyl groups is 1. The molecule has 6 heterocycles. The number of amides is 3. The second-order valence-electron chi connectivity index (χ2n) is 20.2. The molecule has 18 heteroatoms. The number of anilines is 3. The number of nitrogens with zero attached hydrogens (tertiary/aromatic N) is 9. The molecular formula is C50H62N12O5S. The van der Waals surface area contributed by atoms with Crippen LogP contribution >= 0.6 is 11.3 Å². The molecule has 4 aliphatic rings. The van der Waals surface area contributed by atoms with Gasteiger partial charge in [0.1, 0.15) is 17.8 Å². The number of aliphatic hydroxyl groups is 1. The lowest BCUT2D eigenvalue weighted by Gasteiger charge is -2.42. The number of hydrogen-bond acceptors (Lipinski definition) is 15. The van der Waals surface area contributed by atoms with Crippen molar-refractivity contribution in [2.45, 2.75) is 103 Å². The fraction of sp³-hybridized carbons (Fsp3) is 0.480. The Bertz CT molecular complexity index is 2600.